The summed E-state index contributed by atoms with van der Waals surface area (Å²) in [5.41, 5.74) is 2.49. The third-order valence-corrected chi connectivity index (χ3v) is 2.06. The predicted molar refractivity (Wildman–Crippen MR) is 69.6 cm³/mol. The molecule has 1 aromatic rings. The lowest BCUT2D eigenvalue weighted by molar-refractivity contribution is 0.0947. The normalized spacial score (nSPS) is 10.6. The number of rotatable bonds is 5. The standard InChI is InChI=1S/C13H20N2O3/c1-8(2)17-10-5-6-11(13(16)15-14)12(7-10)18-9(3)4/h5-9H,14H2,1-4H3,(H,15,16). The Kier molecular flexibility index (Phi) is 4.97. The number of nitrogens with one attached hydrogen (secondary N) is 1. The van der Waals surface area contributed by atoms with Gasteiger partial charge in [0.2, 0.25) is 0 Å². The van der Waals surface area contributed by atoms with Gasteiger partial charge >= 0.3 is 0 Å². The van der Waals surface area contributed by atoms with Crippen molar-refractivity contribution in [2.75, 3.05) is 0 Å². The van der Waals surface area contributed by atoms with E-state index >= 15 is 0 Å². The topological polar surface area (TPSA) is 73.6 Å². The highest BCUT2D eigenvalue weighted by atomic mass is 16.5. The van der Waals surface area contributed by atoms with Crippen molar-refractivity contribution in [1.29, 1.82) is 0 Å². The highest BCUT2D eigenvalue weighted by Crippen LogP contribution is 2.26. The molecule has 1 rings (SSSR count). The molecule has 0 bridgehead atoms. The number of hydrazine groups is 1. The molecule has 0 spiro atoms. The summed E-state index contributed by atoms with van der Waals surface area (Å²) in [6, 6.07) is 5.06. The molecule has 0 saturated carbocycles. The fourth-order valence-corrected chi connectivity index (χ4v) is 1.46. The molecule has 0 radical (unpaired) electrons. The predicted octanol–water partition coefficient (Wildman–Crippen LogP) is 1.86. The summed E-state index contributed by atoms with van der Waals surface area (Å²) < 4.78 is 11.2. The number of hydrogen-bond acceptors (Lipinski definition) is 4. The summed E-state index contributed by atoms with van der Waals surface area (Å²) in [5, 5.41) is 0. The van der Waals surface area contributed by atoms with E-state index in [0.717, 1.165) is 0 Å². The summed E-state index contributed by atoms with van der Waals surface area (Å²) in [6.45, 7) is 7.65. The Labute approximate surface area is 107 Å². The highest BCUT2D eigenvalue weighted by molar-refractivity contribution is 5.96. The molecule has 1 amide bonds. The minimum Gasteiger partial charge on any atom is -0.491 e. The molecular formula is C13H20N2O3. The molecule has 0 heterocycles. The summed E-state index contributed by atoms with van der Waals surface area (Å²) in [6.07, 6.45) is 0.0229. The summed E-state index contributed by atoms with van der Waals surface area (Å²) in [7, 11) is 0. The molecule has 3 N–H and O–H groups in total. The minimum atomic E-state index is -0.387. The molecule has 0 fully saturated rings. The molecule has 0 atom stereocenters. The van der Waals surface area contributed by atoms with Gasteiger partial charge in [0.15, 0.2) is 0 Å². The molecule has 0 aliphatic heterocycles. The summed E-state index contributed by atoms with van der Waals surface area (Å²) in [5.74, 6) is 5.87. The van der Waals surface area contributed by atoms with Crippen molar-refractivity contribution >= 4 is 5.91 Å². The number of carbonyl (C=O) groups excluding carboxylic acids is 1. The van der Waals surface area contributed by atoms with E-state index in [4.69, 9.17) is 15.3 Å². The van der Waals surface area contributed by atoms with Gasteiger partial charge in [0.05, 0.1) is 17.8 Å². The van der Waals surface area contributed by atoms with E-state index in [1.807, 2.05) is 27.7 Å². The highest BCUT2D eigenvalue weighted by Gasteiger charge is 2.14. The van der Waals surface area contributed by atoms with Crippen molar-refractivity contribution in [2.24, 2.45) is 5.84 Å². The van der Waals surface area contributed by atoms with Gasteiger partial charge in [-0.15, -0.1) is 0 Å². The maximum atomic E-state index is 11.6. The first kappa shape index (κ1) is 14.3. The molecule has 0 aliphatic carbocycles. The lowest BCUT2D eigenvalue weighted by atomic mass is 10.1. The Balaban J connectivity index is 3.07. The van der Waals surface area contributed by atoms with Crippen molar-refractivity contribution in [3.63, 3.8) is 0 Å². The molecule has 5 heteroatoms. The van der Waals surface area contributed by atoms with Crippen LogP contribution in [0, 0.1) is 0 Å². The zero-order valence-electron chi connectivity index (χ0n) is 11.2. The van der Waals surface area contributed by atoms with Crippen molar-refractivity contribution < 1.29 is 14.3 Å². The second-order valence-electron chi connectivity index (χ2n) is 4.46. The number of amides is 1. The largest absolute Gasteiger partial charge is 0.491 e. The molecule has 100 valence electrons. The second kappa shape index (κ2) is 6.26. The quantitative estimate of drug-likeness (QED) is 0.476. The number of nitrogens with two attached hydrogens (primary N) is 1. The molecule has 0 aromatic heterocycles. The van der Waals surface area contributed by atoms with Crippen LogP contribution in [0.2, 0.25) is 0 Å². The van der Waals surface area contributed by atoms with Crippen LogP contribution in [0.5, 0.6) is 11.5 Å². The van der Waals surface area contributed by atoms with Crippen molar-refractivity contribution in [3.8, 4) is 11.5 Å². The zero-order chi connectivity index (χ0) is 13.7. The first-order valence-corrected chi connectivity index (χ1v) is 5.92. The molecule has 18 heavy (non-hydrogen) atoms. The van der Waals surface area contributed by atoms with Crippen LogP contribution in [0.15, 0.2) is 18.2 Å². The number of carbonyl (C=O) groups is 1. The van der Waals surface area contributed by atoms with Crippen LogP contribution in [0.3, 0.4) is 0 Å². The summed E-state index contributed by atoms with van der Waals surface area (Å²) in [4.78, 5) is 11.6. The third kappa shape index (κ3) is 3.92. The molecule has 5 nitrogen and oxygen atoms in total. The first-order chi connectivity index (χ1) is 8.43. The van der Waals surface area contributed by atoms with E-state index in [2.05, 4.69) is 5.43 Å². The van der Waals surface area contributed by atoms with Gasteiger partial charge < -0.3 is 9.47 Å². The first-order valence-electron chi connectivity index (χ1n) is 5.92. The van der Waals surface area contributed by atoms with Gasteiger partial charge in [-0.2, -0.15) is 0 Å². The van der Waals surface area contributed by atoms with Gasteiger partial charge in [0, 0.05) is 6.07 Å². The average molecular weight is 252 g/mol. The van der Waals surface area contributed by atoms with Crippen LogP contribution >= 0.6 is 0 Å². The van der Waals surface area contributed by atoms with Crippen LogP contribution in [0.1, 0.15) is 38.1 Å². The second-order valence-corrected chi connectivity index (χ2v) is 4.46. The molecule has 0 unspecified atom stereocenters. The number of nitrogen functional groups attached to an aromatic ring is 1. The maximum absolute atomic E-state index is 11.6. The lowest BCUT2D eigenvalue weighted by Gasteiger charge is -2.16. The van der Waals surface area contributed by atoms with Gasteiger partial charge in [-0.3, -0.25) is 10.2 Å². The Morgan fingerprint density at radius 1 is 1.17 bits per heavy atom. The van der Waals surface area contributed by atoms with Gasteiger partial charge in [-0.05, 0) is 39.8 Å². The Morgan fingerprint density at radius 2 is 1.78 bits per heavy atom. The molecule has 1 aromatic carbocycles. The van der Waals surface area contributed by atoms with Gasteiger partial charge in [0.25, 0.3) is 5.91 Å². The SMILES string of the molecule is CC(C)Oc1ccc(C(=O)NN)c(OC(C)C)c1. The molecular weight excluding hydrogens is 232 g/mol. The van der Waals surface area contributed by atoms with Gasteiger partial charge in [0.1, 0.15) is 11.5 Å². The number of ether oxygens (including phenoxy) is 2. The van der Waals surface area contributed by atoms with Crippen LogP contribution in [-0.4, -0.2) is 18.1 Å². The van der Waals surface area contributed by atoms with E-state index in [1.165, 1.54) is 0 Å². The maximum Gasteiger partial charge on any atom is 0.268 e. The molecule has 0 saturated heterocycles. The van der Waals surface area contributed by atoms with Gasteiger partial charge in [-0.1, -0.05) is 0 Å². The van der Waals surface area contributed by atoms with Crippen molar-refractivity contribution in [2.45, 2.75) is 39.9 Å². The number of hydrogen-bond donors (Lipinski definition) is 2. The zero-order valence-corrected chi connectivity index (χ0v) is 11.2. The fourth-order valence-electron chi connectivity index (χ4n) is 1.46. The summed E-state index contributed by atoms with van der Waals surface area (Å²) >= 11 is 0. The average Bonchev–Trinajstić information content (AvgIpc) is 2.26. The van der Waals surface area contributed by atoms with E-state index < -0.39 is 0 Å². The Morgan fingerprint density at radius 3 is 2.28 bits per heavy atom. The van der Waals surface area contributed by atoms with E-state index in [0.29, 0.717) is 17.1 Å². The van der Waals surface area contributed by atoms with E-state index in [9.17, 15) is 4.79 Å². The van der Waals surface area contributed by atoms with E-state index in [1.54, 1.807) is 18.2 Å². The van der Waals surface area contributed by atoms with Crippen molar-refractivity contribution in [1.82, 2.24) is 5.43 Å². The molecule has 0 aliphatic rings. The third-order valence-electron chi connectivity index (χ3n) is 2.06. The fraction of sp³-hybridized carbons (Fsp3) is 0.462. The smallest absolute Gasteiger partial charge is 0.268 e. The van der Waals surface area contributed by atoms with Crippen LogP contribution < -0.4 is 20.7 Å². The van der Waals surface area contributed by atoms with Crippen LogP contribution in [0.25, 0.3) is 0 Å². The Bertz CT molecular complexity index is 417. The van der Waals surface area contributed by atoms with Gasteiger partial charge in [-0.25, -0.2) is 5.84 Å². The number of benzene rings is 1. The van der Waals surface area contributed by atoms with Crippen molar-refractivity contribution in [3.05, 3.63) is 23.8 Å². The monoisotopic (exact) mass is 252 g/mol. The van der Waals surface area contributed by atoms with E-state index in [-0.39, 0.29) is 18.1 Å². The van der Waals surface area contributed by atoms with Crippen LogP contribution in [0.4, 0.5) is 0 Å². The lowest BCUT2D eigenvalue weighted by Crippen LogP contribution is -2.30. The Hall–Kier alpha value is -1.75. The minimum absolute atomic E-state index is 0.0383. The van der Waals surface area contributed by atoms with Crippen LogP contribution in [-0.2, 0) is 0 Å².